The molecule has 2 rings (SSSR count). The zero-order valence-corrected chi connectivity index (χ0v) is 11.4. The monoisotopic (exact) mass is 249 g/mol. The average molecular weight is 249 g/mol. The molecule has 0 saturated carbocycles. The topological polar surface area (TPSA) is 37.3 Å². The van der Waals surface area contributed by atoms with Crippen LogP contribution in [0, 0.1) is 5.92 Å². The number of hydrogen-bond donors (Lipinski definition) is 1. The Balaban J connectivity index is 1.88. The van der Waals surface area contributed by atoms with Crippen molar-refractivity contribution in [2.24, 2.45) is 5.92 Å². The van der Waals surface area contributed by atoms with Crippen LogP contribution in [0.25, 0.3) is 0 Å². The number of hydrogen-bond acceptors (Lipinski definition) is 3. The average Bonchev–Trinajstić information content (AvgIpc) is 2.39. The van der Waals surface area contributed by atoms with Crippen LogP contribution in [0.4, 0.5) is 5.69 Å². The Kier molecular flexibility index (Phi) is 4.42. The van der Waals surface area contributed by atoms with Crippen molar-refractivity contribution in [2.75, 3.05) is 32.0 Å². The minimum absolute atomic E-state index is 0.0716. The van der Waals surface area contributed by atoms with E-state index >= 15 is 0 Å². The number of likely N-dealkylation sites (tertiary alicyclic amines) is 1. The molecule has 0 unspecified atom stereocenters. The third-order valence-electron chi connectivity index (χ3n) is 3.76. The lowest BCUT2D eigenvalue weighted by atomic mass is 9.97. The van der Waals surface area contributed by atoms with E-state index in [9.17, 15) is 4.79 Å². The number of piperidine rings is 1. The minimum Gasteiger partial charge on any atom is -0.384 e. The second-order valence-corrected chi connectivity index (χ2v) is 5.17. The lowest BCUT2D eigenvalue weighted by Gasteiger charge is -2.29. The molecule has 1 aromatic rings. The van der Waals surface area contributed by atoms with Crippen LogP contribution in [-0.2, 0) is 6.54 Å². The largest absolute Gasteiger partial charge is 0.384 e. The van der Waals surface area contributed by atoms with Crippen LogP contribution in [0.5, 0.6) is 0 Å². The van der Waals surface area contributed by atoms with Gasteiger partial charge in [-0.3, -0.25) is 4.79 Å². The smallest absolute Gasteiger partial charge is 0.250 e. The van der Waals surface area contributed by atoms with E-state index in [-0.39, 0.29) is 5.56 Å². The van der Waals surface area contributed by atoms with E-state index in [4.69, 9.17) is 0 Å². The molecule has 1 aromatic heterocycles. The van der Waals surface area contributed by atoms with Gasteiger partial charge in [0.05, 0.1) is 5.69 Å². The van der Waals surface area contributed by atoms with E-state index in [0.717, 1.165) is 24.7 Å². The van der Waals surface area contributed by atoms with Gasteiger partial charge in [-0.05, 0) is 51.9 Å². The summed E-state index contributed by atoms with van der Waals surface area (Å²) in [5.41, 5.74) is 1.12. The van der Waals surface area contributed by atoms with E-state index in [1.165, 1.54) is 25.9 Å². The normalized spacial score (nSPS) is 17.9. The van der Waals surface area contributed by atoms with Crippen molar-refractivity contribution in [3.8, 4) is 0 Å². The van der Waals surface area contributed by atoms with E-state index < -0.39 is 0 Å². The second-order valence-electron chi connectivity index (χ2n) is 5.17. The summed E-state index contributed by atoms with van der Waals surface area (Å²) in [7, 11) is 2.18. The van der Waals surface area contributed by atoms with Gasteiger partial charge >= 0.3 is 0 Å². The van der Waals surface area contributed by atoms with Crippen molar-refractivity contribution in [1.29, 1.82) is 0 Å². The first-order valence-corrected chi connectivity index (χ1v) is 6.82. The third kappa shape index (κ3) is 3.35. The maximum atomic E-state index is 11.5. The predicted molar refractivity (Wildman–Crippen MR) is 75.1 cm³/mol. The zero-order valence-electron chi connectivity index (χ0n) is 11.4. The molecule has 0 bridgehead atoms. The molecule has 1 aliphatic heterocycles. The zero-order chi connectivity index (χ0) is 13.0. The Hall–Kier alpha value is -1.29. The van der Waals surface area contributed by atoms with Crippen LogP contribution >= 0.6 is 0 Å². The lowest BCUT2D eigenvalue weighted by Crippen LogP contribution is -2.33. The Morgan fingerprint density at radius 1 is 1.33 bits per heavy atom. The maximum Gasteiger partial charge on any atom is 0.250 e. The van der Waals surface area contributed by atoms with Crippen LogP contribution in [-0.4, -0.2) is 36.1 Å². The van der Waals surface area contributed by atoms with Crippen molar-refractivity contribution >= 4 is 5.69 Å². The van der Waals surface area contributed by atoms with Gasteiger partial charge in [0.2, 0.25) is 0 Å². The van der Waals surface area contributed by atoms with Crippen LogP contribution in [0.3, 0.4) is 0 Å². The third-order valence-corrected chi connectivity index (χ3v) is 3.76. The van der Waals surface area contributed by atoms with Crippen molar-refractivity contribution in [3.63, 3.8) is 0 Å². The molecule has 0 radical (unpaired) electrons. The quantitative estimate of drug-likeness (QED) is 0.881. The Labute approximate surface area is 109 Å². The maximum absolute atomic E-state index is 11.5. The summed E-state index contributed by atoms with van der Waals surface area (Å²) in [5, 5.41) is 3.45. The summed E-state index contributed by atoms with van der Waals surface area (Å²) in [5.74, 6) is 0.753. The number of anilines is 1. The van der Waals surface area contributed by atoms with Crippen molar-refractivity contribution in [1.82, 2.24) is 9.47 Å². The lowest BCUT2D eigenvalue weighted by molar-refractivity contribution is 0.226. The highest BCUT2D eigenvalue weighted by Crippen LogP contribution is 2.16. The first kappa shape index (κ1) is 13.1. The summed E-state index contributed by atoms with van der Waals surface area (Å²) in [6.45, 7) is 6.11. The van der Waals surface area contributed by atoms with Gasteiger partial charge in [-0.25, -0.2) is 0 Å². The summed E-state index contributed by atoms with van der Waals surface area (Å²) in [4.78, 5) is 13.9. The number of aromatic nitrogens is 1. The highest BCUT2D eigenvalue weighted by Gasteiger charge is 2.16. The molecule has 100 valence electrons. The first-order valence-electron chi connectivity index (χ1n) is 6.82. The number of nitrogens with one attached hydrogen (secondary N) is 1. The van der Waals surface area contributed by atoms with Crippen molar-refractivity contribution in [2.45, 2.75) is 26.3 Å². The Bertz CT molecular complexity index is 433. The SMILES string of the molecule is CCn1cc(NCC2CCN(C)CC2)ccc1=O. The number of nitrogens with zero attached hydrogens (tertiary/aromatic N) is 2. The summed E-state index contributed by atoms with van der Waals surface area (Å²) in [6.07, 6.45) is 4.44. The van der Waals surface area contributed by atoms with Crippen LogP contribution in [0.1, 0.15) is 19.8 Å². The molecule has 2 heterocycles. The number of pyridine rings is 1. The molecule has 0 aliphatic carbocycles. The number of rotatable bonds is 4. The highest BCUT2D eigenvalue weighted by molar-refractivity contribution is 5.40. The summed E-state index contributed by atoms with van der Waals surface area (Å²) < 4.78 is 1.73. The molecule has 18 heavy (non-hydrogen) atoms. The van der Waals surface area contributed by atoms with Crippen LogP contribution < -0.4 is 10.9 Å². The fourth-order valence-electron chi connectivity index (χ4n) is 2.41. The van der Waals surface area contributed by atoms with Crippen molar-refractivity contribution in [3.05, 3.63) is 28.7 Å². The molecule has 4 heteroatoms. The molecule has 1 fully saturated rings. The van der Waals surface area contributed by atoms with E-state index in [1.54, 1.807) is 10.6 Å². The van der Waals surface area contributed by atoms with Gasteiger partial charge in [0.15, 0.2) is 0 Å². The molecular formula is C14H23N3O. The molecule has 1 saturated heterocycles. The molecular weight excluding hydrogens is 226 g/mol. The van der Waals surface area contributed by atoms with E-state index in [2.05, 4.69) is 17.3 Å². The molecule has 0 spiro atoms. The fourth-order valence-corrected chi connectivity index (χ4v) is 2.41. The molecule has 1 aliphatic rings. The first-order chi connectivity index (χ1) is 8.69. The minimum atomic E-state index is 0.0716. The predicted octanol–water partition coefficient (Wildman–Crippen LogP) is 1.62. The molecule has 1 N–H and O–H groups in total. The fraction of sp³-hybridized carbons (Fsp3) is 0.643. The second kappa shape index (κ2) is 6.05. The van der Waals surface area contributed by atoms with Gasteiger partial charge in [-0.2, -0.15) is 0 Å². The molecule has 0 aromatic carbocycles. The van der Waals surface area contributed by atoms with Crippen LogP contribution in [0.2, 0.25) is 0 Å². The Morgan fingerprint density at radius 2 is 2.06 bits per heavy atom. The standard InChI is InChI=1S/C14H23N3O/c1-3-17-11-13(4-5-14(17)18)15-10-12-6-8-16(2)9-7-12/h4-5,11-12,15H,3,6-10H2,1-2H3. The van der Waals surface area contributed by atoms with Gasteiger partial charge in [0.25, 0.3) is 5.56 Å². The van der Waals surface area contributed by atoms with E-state index in [1.807, 2.05) is 19.2 Å². The van der Waals surface area contributed by atoms with Crippen molar-refractivity contribution < 1.29 is 0 Å². The number of aryl methyl sites for hydroxylation is 1. The molecule has 0 atom stereocenters. The van der Waals surface area contributed by atoms with Gasteiger partial charge in [0.1, 0.15) is 0 Å². The molecule has 4 nitrogen and oxygen atoms in total. The van der Waals surface area contributed by atoms with Crippen LogP contribution in [0.15, 0.2) is 23.1 Å². The highest BCUT2D eigenvalue weighted by atomic mass is 16.1. The Morgan fingerprint density at radius 3 is 2.72 bits per heavy atom. The van der Waals surface area contributed by atoms with Gasteiger partial charge in [-0.15, -0.1) is 0 Å². The molecule has 0 amide bonds. The van der Waals surface area contributed by atoms with Gasteiger partial charge in [0, 0.05) is 25.4 Å². The van der Waals surface area contributed by atoms with Gasteiger partial charge in [-0.1, -0.05) is 0 Å². The summed E-state index contributed by atoms with van der Waals surface area (Å²) >= 11 is 0. The van der Waals surface area contributed by atoms with E-state index in [0.29, 0.717) is 0 Å². The summed E-state index contributed by atoms with van der Waals surface area (Å²) in [6, 6.07) is 3.52. The van der Waals surface area contributed by atoms with Gasteiger partial charge < -0.3 is 14.8 Å².